The van der Waals surface area contributed by atoms with Gasteiger partial charge in [-0.1, -0.05) is 0 Å². The fourth-order valence-corrected chi connectivity index (χ4v) is 9.65. The molecule has 0 aliphatic heterocycles. The van der Waals surface area contributed by atoms with Gasteiger partial charge in [0.05, 0.1) is 0 Å². The summed E-state index contributed by atoms with van der Waals surface area (Å²) in [5.41, 5.74) is 0.981. The van der Waals surface area contributed by atoms with Crippen LogP contribution in [0.5, 0.6) is 0 Å². The maximum atomic E-state index is 8.04. The Hall–Kier alpha value is -2.47. The van der Waals surface area contributed by atoms with Crippen molar-refractivity contribution in [1.29, 1.82) is 0 Å². The molecular weight excluding hydrogens is 369 g/mol. The molecule has 0 saturated carbocycles. The van der Waals surface area contributed by atoms with Crippen LogP contribution in [0.4, 0.5) is 0 Å². The fraction of sp³-hybridized carbons (Fsp3) is 0.0417. The summed E-state index contributed by atoms with van der Waals surface area (Å²) in [7, 11) is 0. The number of aryl methyl sites for hydroxylation is 1. The summed E-state index contributed by atoms with van der Waals surface area (Å²) in [6.07, 6.45) is 1.95. The van der Waals surface area contributed by atoms with E-state index in [9.17, 15) is 0 Å². The van der Waals surface area contributed by atoms with Crippen LogP contribution in [0, 0.1) is 6.92 Å². The number of benzene rings is 3. The molecule has 0 radical (unpaired) electrons. The first kappa shape index (κ1) is 17.9. The Bertz CT molecular complexity index is 933. The van der Waals surface area contributed by atoms with Crippen molar-refractivity contribution in [1.82, 2.24) is 4.98 Å². The number of nitrogens with zero attached hydrogens (tertiary/aromatic N) is 1. The van der Waals surface area contributed by atoms with Crippen molar-refractivity contribution in [3.05, 3.63) is 115 Å². The van der Waals surface area contributed by atoms with Crippen molar-refractivity contribution in [3.8, 4) is 0 Å². The molecule has 0 N–H and O–H groups in total. The molecule has 0 fully saturated rings. The third kappa shape index (κ3) is 2.70. The number of rotatable bonds is 4. The zero-order valence-corrected chi connectivity index (χ0v) is 16.8. The van der Waals surface area contributed by atoms with Crippen molar-refractivity contribution < 1.29 is 0 Å². The quantitative estimate of drug-likeness (QED) is 0.461. The zero-order chi connectivity index (χ0) is 18.8. The van der Waals surface area contributed by atoms with Crippen molar-refractivity contribution in [3.63, 3.8) is 0 Å². The zero-order valence-electron chi connectivity index (χ0n) is 15.2. The molecule has 0 amide bonds. The summed E-state index contributed by atoms with van der Waals surface area (Å²) in [5.74, 6) is -3.43. The molecule has 0 atom stereocenters. The number of pyridine rings is 1. The SMILES string of the molecule is Cc1ccc(P(Cl)(c2ccccc2)(c2ccccc2)c2ccccc2)cn1. The summed E-state index contributed by atoms with van der Waals surface area (Å²) in [6, 6.07) is 35.5. The van der Waals surface area contributed by atoms with E-state index in [1.54, 1.807) is 0 Å². The van der Waals surface area contributed by atoms with E-state index in [-0.39, 0.29) is 0 Å². The summed E-state index contributed by atoms with van der Waals surface area (Å²) < 4.78 is 0. The van der Waals surface area contributed by atoms with Crippen molar-refractivity contribution >= 4 is 38.4 Å². The Morgan fingerprint density at radius 2 is 0.963 bits per heavy atom. The van der Waals surface area contributed by atoms with Gasteiger partial charge in [-0.05, 0) is 0 Å². The average molecular weight is 390 g/mol. The minimum atomic E-state index is -3.43. The van der Waals surface area contributed by atoms with Crippen LogP contribution >= 0.6 is 17.2 Å². The Balaban J connectivity index is 2.22. The van der Waals surface area contributed by atoms with Crippen LogP contribution in [0.25, 0.3) is 0 Å². The first-order chi connectivity index (χ1) is 13.1. The molecule has 0 aliphatic carbocycles. The molecule has 4 aromatic rings. The Morgan fingerprint density at radius 3 is 1.30 bits per heavy atom. The second-order valence-electron chi connectivity index (χ2n) is 6.67. The Morgan fingerprint density at radius 1 is 0.556 bits per heavy atom. The molecule has 27 heavy (non-hydrogen) atoms. The Kier molecular flexibility index (Phi) is 4.60. The van der Waals surface area contributed by atoms with E-state index in [2.05, 4.69) is 83.8 Å². The first-order valence-corrected chi connectivity index (χ1v) is 12.1. The van der Waals surface area contributed by atoms with Crippen LogP contribution in [0.3, 0.4) is 0 Å². The van der Waals surface area contributed by atoms with Crippen LogP contribution in [0.2, 0.25) is 0 Å². The molecule has 0 spiro atoms. The molecule has 4 rings (SSSR count). The van der Waals surface area contributed by atoms with Gasteiger partial charge in [-0.3, -0.25) is 0 Å². The predicted molar refractivity (Wildman–Crippen MR) is 120 cm³/mol. The van der Waals surface area contributed by atoms with E-state index in [0.29, 0.717) is 0 Å². The molecule has 134 valence electrons. The van der Waals surface area contributed by atoms with Gasteiger partial charge in [0.2, 0.25) is 0 Å². The van der Waals surface area contributed by atoms with Gasteiger partial charge in [0, 0.05) is 0 Å². The molecule has 1 aromatic heterocycles. The molecule has 0 bridgehead atoms. The van der Waals surface area contributed by atoms with Crippen molar-refractivity contribution in [2.75, 3.05) is 0 Å². The Labute approximate surface area is 165 Å². The molecule has 3 heteroatoms. The molecule has 1 nitrogen and oxygen atoms in total. The second kappa shape index (κ2) is 6.93. The minimum absolute atomic E-state index is 0.981. The van der Waals surface area contributed by atoms with E-state index in [4.69, 9.17) is 11.2 Å². The van der Waals surface area contributed by atoms with Gasteiger partial charge in [0.15, 0.2) is 0 Å². The topological polar surface area (TPSA) is 12.9 Å². The number of hydrogen-bond donors (Lipinski definition) is 0. The molecule has 0 saturated heterocycles. The van der Waals surface area contributed by atoms with Crippen LogP contribution in [-0.4, -0.2) is 4.98 Å². The molecule has 0 aliphatic rings. The van der Waals surface area contributed by atoms with Gasteiger partial charge in [-0.2, -0.15) is 0 Å². The van der Waals surface area contributed by atoms with Crippen LogP contribution in [-0.2, 0) is 0 Å². The predicted octanol–water partition coefficient (Wildman–Crippen LogP) is 4.70. The summed E-state index contributed by atoms with van der Waals surface area (Å²) in [4.78, 5) is 4.61. The molecule has 0 unspecified atom stereocenters. The van der Waals surface area contributed by atoms with Crippen molar-refractivity contribution in [2.24, 2.45) is 0 Å². The van der Waals surface area contributed by atoms with Gasteiger partial charge in [0.25, 0.3) is 0 Å². The van der Waals surface area contributed by atoms with Gasteiger partial charge < -0.3 is 0 Å². The van der Waals surface area contributed by atoms with Gasteiger partial charge in [-0.25, -0.2) is 0 Å². The second-order valence-corrected chi connectivity index (χ2v) is 12.8. The van der Waals surface area contributed by atoms with E-state index >= 15 is 0 Å². The van der Waals surface area contributed by atoms with Gasteiger partial charge in [-0.15, -0.1) is 0 Å². The van der Waals surface area contributed by atoms with Crippen LogP contribution < -0.4 is 21.2 Å². The normalized spacial score (nSPS) is 12.9. The van der Waals surface area contributed by atoms with E-state index < -0.39 is 5.96 Å². The van der Waals surface area contributed by atoms with Crippen LogP contribution in [0.1, 0.15) is 5.69 Å². The first-order valence-electron chi connectivity index (χ1n) is 8.98. The molecule has 1 heterocycles. The fourth-order valence-electron chi connectivity index (χ4n) is 3.73. The van der Waals surface area contributed by atoms with Gasteiger partial charge in [0.1, 0.15) is 0 Å². The molecular formula is C24H21ClNP. The number of halogens is 1. The van der Waals surface area contributed by atoms with Crippen LogP contribution in [0.15, 0.2) is 109 Å². The van der Waals surface area contributed by atoms with E-state index in [1.807, 2.05) is 37.4 Å². The third-order valence-electron chi connectivity index (χ3n) is 5.10. The van der Waals surface area contributed by atoms with E-state index in [0.717, 1.165) is 26.9 Å². The van der Waals surface area contributed by atoms with Crippen molar-refractivity contribution in [2.45, 2.75) is 6.92 Å². The summed E-state index contributed by atoms with van der Waals surface area (Å²) in [6.45, 7) is 2.00. The standard InChI is InChI=1S/C24H21ClNP/c1-20-17-18-24(19-26-20)27(25,21-11-5-2-6-12-21,22-13-7-3-8-14-22)23-15-9-4-10-16-23/h2-19H,1H3. The summed E-state index contributed by atoms with van der Waals surface area (Å²) >= 11 is 8.04. The number of hydrogen-bond acceptors (Lipinski definition) is 1. The molecule has 3 aromatic carbocycles. The monoisotopic (exact) mass is 389 g/mol. The summed E-state index contributed by atoms with van der Waals surface area (Å²) in [5, 5.41) is 4.41. The average Bonchev–Trinajstić information content (AvgIpc) is 2.76. The third-order valence-corrected chi connectivity index (χ3v) is 12.5. The van der Waals surface area contributed by atoms with Gasteiger partial charge >= 0.3 is 165 Å². The van der Waals surface area contributed by atoms with E-state index in [1.165, 1.54) is 0 Å². The maximum absolute atomic E-state index is 8.04. The number of aromatic nitrogens is 1.